The van der Waals surface area contributed by atoms with Gasteiger partial charge in [0.15, 0.2) is 11.6 Å². The summed E-state index contributed by atoms with van der Waals surface area (Å²) in [5.41, 5.74) is 2.19. The maximum atomic E-state index is 12.2. The lowest BCUT2D eigenvalue weighted by Gasteiger charge is -2.27. The Morgan fingerprint density at radius 3 is 2.76 bits per heavy atom. The summed E-state index contributed by atoms with van der Waals surface area (Å²) in [5, 5.41) is 9.47. The van der Waals surface area contributed by atoms with E-state index in [9.17, 15) is 9.59 Å². The van der Waals surface area contributed by atoms with Gasteiger partial charge in [-0.2, -0.15) is 5.10 Å². The molecule has 0 radical (unpaired) electrons. The number of urea groups is 1. The van der Waals surface area contributed by atoms with Crippen molar-refractivity contribution in [2.24, 2.45) is 0 Å². The molecule has 2 aromatic heterocycles. The number of aromatic nitrogens is 4. The van der Waals surface area contributed by atoms with Gasteiger partial charge >= 0.3 is 6.03 Å². The maximum absolute atomic E-state index is 12.2. The van der Waals surface area contributed by atoms with E-state index in [-0.39, 0.29) is 12.3 Å². The third kappa shape index (κ3) is 2.85. The lowest BCUT2D eigenvalue weighted by atomic mass is 10.1. The highest BCUT2D eigenvalue weighted by Crippen LogP contribution is 2.30. The molecule has 8 nitrogen and oxygen atoms in total. The SMILES string of the molecule is O=C1CCN(c2ccccc2-c2nc(-c3cccnc3)n[nH]2)C(=O)N1. The predicted octanol–water partition coefficient (Wildman–Crippen LogP) is 1.98. The molecular formula is C17H14N6O2. The molecule has 1 saturated heterocycles. The minimum Gasteiger partial charge on any atom is -0.293 e. The Bertz CT molecular complexity index is 937. The Morgan fingerprint density at radius 2 is 1.96 bits per heavy atom. The molecule has 0 unspecified atom stereocenters. The number of nitrogens with zero attached hydrogens (tertiary/aromatic N) is 4. The second-order valence-corrected chi connectivity index (χ2v) is 5.52. The first-order valence-electron chi connectivity index (χ1n) is 7.76. The van der Waals surface area contributed by atoms with E-state index in [0.717, 1.165) is 11.1 Å². The van der Waals surface area contributed by atoms with Crippen molar-refractivity contribution in [1.29, 1.82) is 0 Å². The van der Waals surface area contributed by atoms with Crippen LogP contribution in [-0.2, 0) is 4.79 Å². The van der Waals surface area contributed by atoms with Gasteiger partial charge in [-0.1, -0.05) is 12.1 Å². The molecule has 0 spiro atoms. The molecule has 1 aliphatic rings. The van der Waals surface area contributed by atoms with Crippen LogP contribution >= 0.6 is 0 Å². The quantitative estimate of drug-likeness (QED) is 0.762. The first-order chi connectivity index (χ1) is 12.2. The third-order valence-electron chi connectivity index (χ3n) is 3.91. The predicted molar refractivity (Wildman–Crippen MR) is 90.6 cm³/mol. The van der Waals surface area contributed by atoms with Crippen molar-refractivity contribution in [3.63, 3.8) is 0 Å². The summed E-state index contributed by atoms with van der Waals surface area (Å²) in [7, 11) is 0. The Morgan fingerprint density at radius 1 is 1.08 bits per heavy atom. The molecule has 124 valence electrons. The number of rotatable bonds is 3. The number of amides is 3. The number of hydrogen-bond acceptors (Lipinski definition) is 5. The Hall–Kier alpha value is -3.55. The van der Waals surface area contributed by atoms with Crippen LogP contribution in [0.15, 0.2) is 48.8 Å². The summed E-state index contributed by atoms with van der Waals surface area (Å²) in [4.78, 5) is 33.6. The number of anilines is 1. The van der Waals surface area contributed by atoms with Gasteiger partial charge in [-0.15, -0.1) is 0 Å². The molecule has 4 rings (SSSR count). The maximum Gasteiger partial charge on any atom is 0.328 e. The van der Waals surface area contributed by atoms with Crippen molar-refractivity contribution >= 4 is 17.6 Å². The van der Waals surface area contributed by atoms with E-state index in [1.54, 1.807) is 12.4 Å². The van der Waals surface area contributed by atoms with Crippen LogP contribution in [0, 0.1) is 0 Å². The number of nitrogens with one attached hydrogen (secondary N) is 2. The highest BCUT2D eigenvalue weighted by Gasteiger charge is 2.26. The number of benzene rings is 1. The molecule has 0 aliphatic carbocycles. The molecule has 0 saturated carbocycles. The van der Waals surface area contributed by atoms with E-state index in [1.165, 1.54) is 4.90 Å². The average Bonchev–Trinajstić information content (AvgIpc) is 3.13. The molecule has 3 aromatic rings. The number of aromatic amines is 1. The van der Waals surface area contributed by atoms with Crippen molar-refractivity contribution in [3.8, 4) is 22.8 Å². The summed E-state index contributed by atoms with van der Waals surface area (Å²) in [6, 6.07) is 10.6. The van der Waals surface area contributed by atoms with Crippen LogP contribution in [0.5, 0.6) is 0 Å². The van der Waals surface area contributed by atoms with Crippen molar-refractivity contribution in [2.45, 2.75) is 6.42 Å². The lowest BCUT2D eigenvalue weighted by molar-refractivity contribution is -0.120. The number of hydrogen-bond donors (Lipinski definition) is 2. The molecule has 2 N–H and O–H groups in total. The number of imide groups is 1. The summed E-state index contributed by atoms with van der Waals surface area (Å²) in [6.45, 7) is 0.325. The normalized spacial score (nSPS) is 14.5. The fourth-order valence-electron chi connectivity index (χ4n) is 2.71. The fraction of sp³-hybridized carbons (Fsp3) is 0.118. The zero-order valence-electron chi connectivity index (χ0n) is 13.1. The van der Waals surface area contributed by atoms with Gasteiger partial charge in [-0.25, -0.2) is 9.78 Å². The summed E-state index contributed by atoms with van der Waals surface area (Å²) >= 11 is 0. The summed E-state index contributed by atoms with van der Waals surface area (Å²) in [6.07, 6.45) is 3.63. The van der Waals surface area contributed by atoms with Crippen molar-refractivity contribution in [2.75, 3.05) is 11.4 Å². The number of pyridine rings is 1. The molecule has 1 aliphatic heterocycles. The van der Waals surface area contributed by atoms with Gasteiger partial charge in [0.25, 0.3) is 0 Å². The van der Waals surface area contributed by atoms with E-state index < -0.39 is 6.03 Å². The Labute approximate surface area is 142 Å². The van der Waals surface area contributed by atoms with Crippen LogP contribution in [0.2, 0.25) is 0 Å². The first-order valence-corrected chi connectivity index (χ1v) is 7.76. The molecule has 1 aromatic carbocycles. The topological polar surface area (TPSA) is 104 Å². The van der Waals surface area contributed by atoms with E-state index in [2.05, 4.69) is 25.5 Å². The van der Waals surface area contributed by atoms with Crippen LogP contribution in [0.1, 0.15) is 6.42 Å². The first kappa shape index (κ1) is 15.0. The van der Waals surface area contributed by atoms with E-state index in [4.69, 9.17) is 0 Å². The van der Waals surface area contributed by atoms with Gasteiger partial charge in [0.1, 0.15) is 0 Å². The molecule has 3 amide bonds. The third-order valence-corrected chi connectivity index (χ3v) is 3.91. The minimum absolute atomic E-state index is 0.261. The van der Waals surface area contributed by atoms with Crippen LogP contribution in [0.4, 0.5) is 10.5 Å². The largest absolute Gasteiger partial charge is 0.328 e. The molecular weight excluding hydrogens is 320 g/mol. The minimum atomic E-state index is -0.435. The van der Waals surface area contributed by atoms with Gasteiger partial charge in [0.05, 0.1) is 5.69 Å². The smallest absolute Gasteiger partial charge is 0.293 e. The van der Waals surface area contributed by atoms with Crippen molar-refractivity contribution in [1.82, 2.24) is 25.5 Å². The highest BCUT2D eigenvalue weighted by molar-refractivity contribution is 6.07. The standard InChI is InChI=1S/C17H14N6O2/c24-14-7-9-23(17(25)19-14)13-6-2-1-5-12(13)16-20-15(21-22-16)11-4-3-8-18-10-11/h1-6,8,10H,7,9H2,(H,19,24,25)(H,20,21,22). The fourth-order valence-corrected chi connectivity index (χ4v) is 2.71. The molecule has 0 atom stereocenters. The van der Waals surface area contributed by atoms with E-state index in [0.29, 0.717) is 23.9 Å². The molecule has 3 heterocycles. The van der Waals surface area contributed by atoms with Crippen LogP contribution in [0.3, 0.4) is 0 Å². The Balaban J connectivity index is 1.71. The zero-order valence-corrected chi connectivity index (χ0v) is 13.1. The summed E-state index contributed by atoms with van der Waals surface area (Å²) in [5.74, 6) is 0.799. The van der Waals surface area contributed by atoms with Gasteiger partial charge in [-0.05, 0) is 24.3 Å². The Kier molecular flexibility index (Phi) is 3.70. The van der Waals surface area contributed by atoms with E-state index in [1.807, 2.05) is 36.4 Å². The van der Waals surface area contributed by atoms with Gasteiger partial charge in [0.2, 0.25) is 5.91 Å². The number of H-pyrrole nitrogens is 1. The number of carbonyl (C=O) groups excluding carboxylic acids is 2. The molecule has 0 bridgehead atoms. The molecule has 25 heavy (non-hydrogen) atoms. The van der Waals surface area contributed by atoms with Gasteiger partial charge < -0.3 is 0 Å². The molecule has 8 heteroatoms. The van der Waals surface area contributed by atoms with Gasteiger partial charge in [-0.3, -0.25) is 25.1 Å². The second kappa shape index (κ2) is 6.16. The van der Waals surface area contributed by atoms with Gasteiger partial charge in [0, 0.05) is 36.5 Å². The van der Waals surface area contributed by atoms with Crippen LogP contribution in [-0.4, -0.2) is 38.6 Å². The lowest BCUT2D eigenvalue weighted by Crippen LogP contribution is -2.49. The van der Waals surface area contributed by atoms with Crippen LogP contribution < -0.4 is 10.2 Å². The monoisotopic (exact) mass is 334 g/mol. The second-order valence-electron chi connectivity index (χ2n) is 5.52. The zero-order chi connectivity index (χ0) is 17.2. The highest BCUT2D eigenvalue weighted by atomic mass is 16.2. The number of carbonyl (C=O) groups is 2. The van der Waals surface area contributed by atoms with Crippen molar-refractivity contribution < 1.29 is 9.59 Å². The average molecular weight is 334 g/mol. The van der Waals surface area contributed by atoms with E-state index >= 15 is 0 Å². The summed E-state index contributed by atoms with van der Waals surface area (Å²) < 4.78 is 0. The molecule has 1 fully saturated rings. The van der Waals surface area contributed by atoms with Crippen LogP contribution in [0.25, 0.3) is 22.8 Å². The van der Waals surface area contributed by atoms with Crippen molar-refractivity contribution in [3.05, 3.63) is 48.8 Å². The number of para-hydroxylation sites is 1.